The third-order valence-electron chi connectivity index (χ3n) is 3.90. The van der Waals surface area contributed by atoms with Crippen LogP contribution in [0.25, 0.3) is 11.0 Å². The average molecular weight is 373 g/mol. The largest absolute Gasteiger partial charge is 0.488 e. The fourth-order valence-electron chi connectivity index (χ4n) is 2.57. The molecule has 3 nitrogen and oxygen atoms in total. The predicted molar refractivity (Wildman–Crippen MR) is 94.3 cm³/mol. The first-order valence-electron chi connectivity index (χ1n) is 7.35. The number of hydrogen-bond acceptors (Lipinski definition) is 3. The number of carbonyl (C=O) groups is 1. The van der Waals surface area contributed by atoms with Gasteiger partial charge in [-0.1, -0.05) is 0 Å². The summed E-state index contributed by atoms with van der Waals surface area (Å²) in [5.41, 5.74) is 4.61. The Labute approximate surface area is 143 Å². The highest BCUT2D eigenvalue weighted by Gasteiger charge is 2.10. The SMILES string of the molecule is Cc1cc2cc(COc3cc(C)c(C)cc3C=O)cc(Br)c2o1. The first kappa shape index (κ1) is 15.8. The van der Waals surface area contributed by atoms with Gasteiger partial charge in [-0.3, -0.25) is 4.79 Å². The van der Waals surface area contributed by atoms with E-state index < -0.39 is 0 Å². The lowest BCUT2D eigenvalue weighted by molar-refractivity contribution is 0.111. The molecule has 1 heterocycles. The molecule has 0 aliphatic rings. The summed E-state index contributed by atoms with van der Waals surface area (Å²) >= 11 is 3.53. The maximum Gasteiger partial charge on any atom is 0.153 e. The van der Waals surface area contributed by atoms with Crippen LogP contribution in [0, 0.1) is 20.8 Å². The van der Waals surface area contributed by atoms with Crippen molar-refractivity contribution in [3.05, 3.63) is 62.8 Å². The molecule has 0 unspecified atom stereocenters. The molecular weight excluding hydrogens is 356 g/mol. The summed E-state index contributed by atoms with van der Waals surface area (Å²) in [5, 5.41) is 1.03. The fraction of sp³-hybridized carbons (Fsp3) is 0.211. The predicted octanol–water partition coefficient (Wildman–Crippen LogP) is 5.51. The van der Waals surface area contributed by atoms with Gasteiger partial charge in [-0.05, 0) is 83.7 Å². The van der Waals surface area contributed by atoms with Crippen LogP contribution >= 0.6 is 15.9 Å². The van der Waals surface area contributed by atoms with Crippen LogP contribution < -0.4 is 4.74 Å². The highest BCUT2D eigenvalue weighted by atomic mass is 79.9. The van der Waals surface area contributed by atoms with Crippen molar-refractivity contribution in [2.75, 3.05) is 0 Å². The molecule has 0 spiro atoms. The minimum Gasteiger partial charge on any atom is -0.488 e. The van der Waals surface area contributed by atoms with Gasteiger partial charge < -0.3 is 9.15 Å². The number of hydrogen-bond donors (Lipinski definition) is 0. The van der Waals surface area contributed by atoms with Crippen LogP contribution in [0.15, 0.2) is 39.2 Å². The van der Waals surface area contributed by atoms with Gasteiger partial charge in [0.25, 0.3) is 0 Å². The van der Waals surface area contributed by atoms with Gasteiger partial charge in [-0.15, -0.1) is 0 Å². The molecule has 0 fully saturated rings. The molecular formula is C19H17BrO3. The van der Waals surface area contributed by atoms with E-state index in [1.54, 1.807) is 0 Å². The van der Waals surface area contributed by atoms with E-state index >= 15 is 0 Å². The number of furan rings is 1. The van der Waals surface area contributed by atoms with Crippen molar-refractivity contribution < 1.29 is 13.9 Å². The second-order valence-corrected chi connectivity index (χ2v) is 6.59. The van der Waals surface area contributed by atoms with E-state index in [2.05, 4.69) is 15.9 Å². The summed E-state index contributed by atoms with van der Waals surface area (Å²) in [6, 6.07) is 9.78. The molecule has 0 aliphatic carbocycles. The Morgan fingerprint density at radius 2 is 1.83 bits per heavy atom. The molecule has 0 bridgehead atoms. The minimum atomic E-state index is 0.391. The van der Waals surface area contributed by atoms with E-state index in [9.17, 15) is 4.79 Å². The second kappa shape index (κ2) is 6.20. The van der Waals surface area contributed by atoms with Crippen molar-refractivity contribution >= 4 is 33.2 Å². The number of rotatable bonds is 4. The first-order chi connectivity index (χ1) is 11.0. The molecule has 3 aromatic rings. The van der Waals surface area contributed by atoms with E-state index in [4.69, 9.17) is 9.15 Å². The summed E-state index contributed by atoms with van der Waals surface area (Å²) in [6.07, 6.45) is 0.834. The Balaban J connectivity index is 1.89. The van der Waals surface area contributed by atoms with Gasteiger partial charge in [0.1, 0.15) is 23.7 Å². The average Bonchev–Trinajstić information content (AvgIpc) is 2.89. The zero-order valence-electron chi connectivity index (χ0n) is 13.3. The summed E-state index contributed by atoms with van der Waals surface area (Å²) < 4.78 is 12.4. The molecule has 118 valence electrons. The summed E-state index contributed by atoms with van der Waals surface area (Å²) in [5.74, 6) is 1.49. The van der Waals surface area contributed by atoms with Gasteiger partial charge in [-0.25, -0.2) is 0 Å². The molecule has 0 saturated heterocycles. The van der Waals surface area contributed by atoms with Gasteiger partial charge in [0.2, 0.25) is 0 Å². The summed E-state index contributed by atoms with van der Waals surface area (Å²) in [4.78, 5) is 11.2. The highest BCUT2D eigenvalue weighted by molar-refractivity contribution is 9.10. The smallest absolute Gasteiger partial charge is 0.153 e. The Bertz CT molecular complexity index is 893. The lowest BCUT2D eigenvalue weighted by Crippen LogP contribution is -2.00. The molecule has 0 amide bonds. The number of halogens is 1. The third kappa shape index (κ3) is 3.17. The van der Waals surface area contributed by atoms with E-state index in [-0.39, 0.29) is 0 Å². The zero-order chi connectivity index (χ0) is 16.6. The molecule has 23 heavy (non-hydrogen) atoms. The molecule has 0 atom stereocenters. The molecule has 0 radical (unpaired) electrons. The Hall–Kier alpha value is -2.07. The van der Waals surface area contributed by atoms with Crippen molar-refractivity contribution in [1.82, 2.24) is 0 Å². The van der Waals surface area contributed by atoms with Crippen LogP contribution in [-0.2, 0) is 6.61 Å². The van der Waals surface area contributed by atoms with Crippen molar-refractivity contribution in [1.29, 1.82) is 0 Å². The quantitative estimate of drug-likeness (QED) is 0.566. The zero-order valence-corrected chi connectivity index (χ0v) is 14.9. The Kier molecular flexibility index (Phi) is 4.26. The summed E-state index contributed by atoms with van der Waals surface area (Å²) in [6.45, 7) is 6.31. The summed E-state index contributed by atoms with van der Waals surface area (Å²) in [7, 11) is 0. The number of aldehydes is 1. The van der Waals surface area contributed by atoms with Crippen LogP contribution in [0.4, 0.5) is 0 Å². The van der Waals surface area contributed by atoms with Crippen LogP contribution in [0.5, 0.6) is 5.75 Å². The standard InChI is InChI=1S/C19H17BrO3/c1-11-4-16(9-21)18(5-12(11)2)22-10-14-7-15-6-13(3)23-19(15)17(20)8-14/h4-9H,10H2,1-3H3. The van der Waals surface area contributed by atoms with E-state index in [1.165, 1.54) is 0 Å². The second-order valence-electron chi connectivity index (χ2n) is 5.73. The Morgan fingerprint density at radius 1 is 1.09 bits per heavy atom. The first-order valence-corrected chi connectivity index (χ1v) is 8.15. The van der Waals surface area contributed by atoms with Crippen LogP contribution in [0.2, 0.25) is 0 Å². The van der Waals surface area contributed by atoms with Crippen LogP contribution in [-0.4, -0.2) is 6.29 Å². The molecule has 0 N–H and O–H groups in total. The highest BCUT2D eigenvalue weighted by Crippen LogP contribution is 2.30. The van der Waals surface area contributed by atoms with Crippen molar-refractivity contribution in [3.63, 3.8) is 0 Å². The van der Waals surface area contributed by atoms with Crippen molar-refractivity contribution in [3.8, 4) is 5.75 Å². The van der Waals surface area contributed by atoms with Crippen molar-refractivity contribution in [2.45, 2.75) is 27.4 Å². The number of ether oxygens (including phenoxy) is 1. The third-order valence-corrected chi connectivity index (χ3v) is 4.49. The Morgan fingerprint density at radius 3 is 2.57 bits per heavy atom. The van der Waals surface area contributed by atoms with E-state index in [1.807, 2.05) is 51.1 Å². The lowest BCUT2D eigenvalue weighted by atomic mass is 10.1. The normalized spacial score (nSPS) is 11.0. The minimum absolute atomic E-state index is 0.391. The van der Waals surface area contributed by atoms with Gasteiger partial charge in [0.05, 0.1) is 10.0 Å². The van der Waals surface area contributed by atoms with Gasteiger partial charge >= 0.3 is 0 Å². The molecule has 0 saturated carbocycles. The number of carbonyl (C=O) groups excluding carboxylic acids is 1. The number of fused-ring (bicyclic) bond motifs is 1. The molecule has 1 aromatic heterocycles. The van der Waals surface area contributed by atoms with Crippen molar-refractivity contribution in [2.24, 2.45) is 0 Å². The fourth-order valence-corrected chi connectivity index (χ4v) is 3.17. The van der Waals surface area contributed by atoms with Crippen LogP contribution in [0.3, 0.4) is 0 Å². The molecule has 3 rings (SSSR count). The van der Waals surface area contributed by atoms with E-state index in [0.29, 0.717) is 17.9 Å². The molecule has 0 aliphatic heterocycles. The maximum atomic E-state index is 11.2. The van der Waals surface area contributed by atoms with Gasteiger partial charge in [-0.2, -0.15) is 0 Å². The van der Waals surface area contributed by atoms with E-state index in [0.717, 1.165) is 44.2 Å². The molecule has 2 aromatic carbocycles. The lowest BCUT2D eigenvalue weighted by Gasteiger charge is -2.11. The molecule has 4 heteroatoms. The van der Waals surface area contributed by atoms with Gasteiger partial charge in [0.15, 0.2) is 6.29 Å². The number of benzene rings is 2. The van der Waals surface area contributed by atoms with Crippen LogP contribution in [0.1, 0.15) is 32.8 Å². The van der Waals surface area contributed by atoms with Gasteiger partial charge in [0, 0.05) is 5.39 Å². The monoisotopic (exact) mass is 372 g/mol. The topological polar surface area (TPSA) is 39.4 Å². The maximum absolute atomic E-state index is 11.2. The number of aryl methyl sites for hydroxylation is 3.